The van der Waals surface area contributed by atoms with Gasteiger partial charge < -0.3 is 19.5 Å². The summed E-state index contributed by atoms with van der Waals surface area (Å²) in [6, 6.07) is 2.73. The van der Waals surface area contributed by atoms with E-state index in [-0.39, 0.29) is 24.0 Å². The summed E-state index contributed by atoms with van der Waals surface area (Å²) < 4.78 is 7.26. The van der Waals surface area contributed by atoms with Crippen LogP contribution in [-0.4, -0.2) is 73.8 Å². The van der Waals surface area contributed by atoms with Crippen molar-refractivity contribution < 1.29 is 4.74 Å². The maximum absolute atomic E-state index is 6.06. The van der Waals surface area contributed by atoms with Gasteiger partial charge in [-0.2, -0.15) is 0 Å². The third-order valence-electron chi connectivity index (χ3n) is 4.38. The van der Waals surface area contributed by atoms with Gasteiger partial charge in [-0.1, -0.05) is 11.6 Å². The molecule has 1 aromatic rings. The lowest BCUT2D eigenvalue weighted by atomic mass is 10.4. The van der Waals surface area contributed by atoms with Gasteiger partial charge in [-0.05, 0) is 18.9 Å². The van der Waals surface area contributed by atoms with Crippen molar-refractivity contribution in [1.29, 1.82) is 0 Å². The number of aliphatic imine (C=N–C) groups is 1. The molecule has 1 aliphatic rings. The Hall–Kier alpha value is -0.510. The van der Waals surface area contributed by atoms with Crippen molar-refractivity contribution in [2.24, 2.45) is 12.0 Å². The summed E-state index contributed by atoms with van der Waals surface area (Å²) in [6.07, 6.45) is 4.55. The van der Waals surface area contributed by atoms with E-state index >= 15 is 0 Å². The second kappa shape index (κ2) is 11.3. The third-order valence-corrected chi connectivity index (χ3v) is 4.58. The largest absolute Gasteiger partial charge is 0.383 e. The molecule has 0 amide bonds. The van der Waals surface area contributed by atoms with Crippen LogP contribution in [0, 0.1) is 0 Å². The van der Waals surface area contributed by atoms with Crippen molar-refractivity contribution in [2.45, 2.75) is 25.4 Å². The van der Waals surface area contributed by atoms with Crippen LogP contribution in [0.5, 0.6) is 0 Å². The highest BCUT2D eigenvalue weighted by Crippen LogP contribution is 2.26. The molecule has 0 bridgehead atoms. The molecule has 0 spiro atoms. The second-order valence-corrected chi connectivity index (χ2v) is 6.79. The van der Waals surface area contributed by atoms with Crippen molar-refractivity contribution >= 4 is 41.5 Å². The lowest BCUT2D eigenvalue weighted by molar-refractivity contribution is 0.144. The Morgan fingerprint density at radius 1 is 1.44 bits per heavy atom. The molecule has 0 aliphatic heterocycles. The van der Waals surface area contributed by atoms with Crippen LogP contribution >= 0.6 is 35.6 Å². The number of hydrogen-bond acceptors (Lipinski definition) is 3. The van der Waals surface area contributed by atoms with Gasteiger partial charge in [0.25, 0.3) is 0 Å². The van der Waals surface area contributed by atoms with E-state index in [1.165, 1.54) is 12.8 Å². The van der Waals surface area contributed by atoms with Crippen LogP contribution < -0.4 is 5.32 Å². The lowest BCUT2D eigenvalue weighted by Crippen LogP contribution is -2.43. The van der Waals surface area contributed by atoms with Crippen LogP contribution in [0.2, 0.25) is 5.02 Å². The quantitative estimate of drug-likeness (QED) is 0.333. The van der Waals surface area contributed by atoms with Crippen molar-refractivity contribution in [2.75, 3.05) is 47.4 Å². The molecule has 25 heavy (non-hydrogen) atoms. The molecule has 0 radical (unpaired) electrons. The van der Waals surface area contributed by atoms with E-state index < -0.39 is 0 Å². The zero-order chi connectivity index (χ0) is 17.5. The van der Waals surface area contributed by atoms with Gasteiger partial charge in [0.05, 0.1) is 18.2 Å². The van der Waals surface area contributed by atoms with E-state index in [2.05, 4.69) is 20.1 Å². The number of rotatable bonds is 9. The average molecular weight is 484 g/mol. The van der Waals surface area contributed by atoms with Crippen LogP contribution in [0.1, 0.15) is 18.5 Å². The zero-order valence-electron chi connectivity index (χ0n) is 15.7. The van der Waals surface area contributed by atoms with E-state index in [0.717, 1.165) is 55.5 Å². The number of aromatic nitrogens is 1. The number of methoxy groups -OCH3 is 1. The fourth-order valence-corrected chi connectivity index (χ4v) is 3.13. The maximum Gasteiger partial charge on any atom is 0.193 e. The minimum absolute atomic E-state index is 0. The molecule has 1 fully saturated rings. The molecule has 2 rings (SSSR count). The van der Waals surface area contributed by atoms with Crippen LogP contribution in [0.25, 0.3) is 0 Å². The summed E-state index contributed by atoms with van der Waals surface area (Å²) in [4.78, 5) is 9.00. The Morgan fingerprint density at radius 2 is 2.16 bits per heavy atom. The van der Waals surface area contributed by atoms with E-state index in [4.69, 9.17) is 16.3 Å². The first-order valence-electron chi connectivity index (χ1n) is 8.50. The lowest BCUT2D eigenvalue weighted by Gasteiger charge is -2.25. The monoisotopic (exact) mass is 483 g/mol. The van der Waals surface area contributed by atoms with E-state index in [9.17, 15) is 0 Å². The molecule has 1 aliphatic carbocycles. The zero-order valence-corrected chi connectivity index (χ0v) is 18.8. The molecule has 8 heteroatoms. The number of aryl methyl sites for hydroxylation is 1. The minimum Gasteiger partial charge on any atom is -0.383 e. The van der Waals surface area contributed by atoms with Gasteiger partial charge in [-0.25, -0.2) is 0 Å². The van der Waals surface area contributed by atoms with Gasteiger partial charge >= 0.3 is 0 Å². The highest BCUT2D eigenvalue weighted by atomic mass is 127. The normalized spacial score (nSPS) is 14.6. The summed E-state index contributed by atoms with van der Waals surface area (Å²) in [5.41, 5.74) is 1.16. The molecule has 0 unspecified atom stereocenters. The minimum atomic E-state index is 0. The fraction of sp³-hybridized carbons (Fsp3) is 0.706. The molecule has 0 saturated heterocycles. The molecular formula is C17H31ClIN5O. The fourth-order valence-electron chi connectivity index (χ4n) is 2.86. The Bertz CT molecular complexity index is 547. The predicted molar refractivity (Wildman–Crippen MR) is 115 cm³/mol. The molecule has 6 nitrogen and oxygen atoms in total. The molecule has 0 aromatic carbocycles. The topological polar surface area (TPSA) is 45.0 Å². The molecule has 1 aromatic heterocycles. The van der Waals surface area contributed by atoms with Gasteiger partial charge in [0.15, 0.2) is 5.96 Å². The van der Waals surface area contributed by atoms with Crippen LogP contribution in [0.3, 0.4) is 0 Å². The van der Waals surface area contributed by atoms with Crippen molar-refractivity contribution in [1.82, 2.24) is 19.7 Å². The smallest absolute Gasteiger partial charge is 0.193 e. The molecule has 1 N–H and O–H groups in total. The third kappa shape index (κ3) is 7.32. The van der Waals surface area contributed by atoms with Gasteiger partial charge in [0.1, 0.15) is 0 Å². The van der Waals surface area contributed by atoms with Crippen molar-refractivity contribution in [3.8, 4) is 0 Å². The van der Waals surface area contributed by atoms with E-state index in [1.54, 1.807) is 7.11 Å². The van der Waals surface area contributed by atoms with Crippen LogP contribution in [0.4, 0.5) is 0 Å². The number of guanidine groups is 1. The van der Waals surface area contributed by atoms with Gasteiger partial charge in [0.2, 0.25) is 0 Å². The highest BCUT2D eigenvalue weighted by Gasteiger charge is 2.28. The number of nitrogens with zero attached hydrogens (tertiary/aromatic N) is 4. The summed E-state index contributed by atoms with van der Waals surface area (Å²) >= 11 is 6.06. The second-order valence-electron chi connectivity index (χ2n) is 6.35. The molecule has 144 valence electrons. The number of nitrogens with one attached hydrogen (secondary N) is 1. The predicted octanol–water partition coefficient (Wildman–Crippen LogP) is 2.41. The van der Waals surface area contributed by atoms with Gasteiger partial charge in [0, 0.05) is 65.8 Å². The Labute approximate surface area is 173 Å². The van der Waals surface area contributed by atoms with Crippen LogP contribution in [-0.2, 0) is 18.3 Å². The average Bonchev–Trinajstić information content (AvgIpc) is 3.33. The molecule has 0 atom stereocenters. The Morgan fingerprint density at radius 3 is 2.68 bits per heavy atom. The summed E-state index contributed by atoms with van der Waals surface area (Å²) in [6.45, 7) is 4.44. The van der Waals surface area contributed by atoms with Crippen LogP contribution in [0.15, 0.2) is 17.3 Å². The molecular weight excluding hydrogens is 453 g/mol. The summed E-state index contributed by atoms with van der Waals surface area (Å²) in [5.74, 6) is 0.898. The SMILES string of the molecule is CN=C(NCCN(CCOC)C1CC1)N(C)Cc1cc(Cl)cn1C.I. The summed E-state index contributed by atoms with van der Waals surface area (Å²) in [7, 11) is 7.63. The molecule has 1 saturated carbocycles. The van der Waals surface area contributed by atoms with Crippen molar-refractivity contribution in [3.63, 3.8) is 0 Å². The standard InChI is InChI=1S/C17H30ClN5O.HI/c1-19-17(22(3)13-16-11-14(18)12-21(16)2)20-7-8-23(9-10-24-4)15-5-6-15;/h11-12,15H,5-10,13H2,1-4H3,(H,19,20);1H. The molecule has 1 heterocycles. The van der Waals surface area contributed by atoms with E-state index in [1.807, 2.05) is 38.0 Å². The number of hydrogen-bond donors (Lipinski definition) is 1. The van der Waals surface area contributed by atoms with Crippen molar-refractivity contribution in [3.05, 3.63) is 23.0 Å². The Kier molecular flexibility index (Phi) is 10.1. The van der Waals surface area contributed by atoms with Gasteiger partial charge in [-0.15, -0.1) is 24.0 Å². The van der Waals surface area contributed by atoms with E-state index in [0.29, 0.717) is 0 Å². The first kappa shape index (κ1) is 22.5. The maximum atomic E-state index is 6.06. The number of halogens is 2. The summed E-state index contributed by atoms with van der Waals surface area (Å²) in [5, 5.41) is 4.22. The highest BCUT2D eigenvalue weighted by molar-refractivity contribution is 14.0. The first-order chi connectivity index (χ1) is 11.5. The van der Waals surface area contributed by atoms with Gasteiger partial charge in [-0.3, -0.25) is 9.89 Å². The first-order valence-corrected chi connectivity index (χ1v) is 8.88. The Balaban J connectivity index is 0.00000312. The number of ether oxygens (including phenoxy) is 1.